The first-order valence-electron chi connectivity index (χ1n) is 7.02. The average molecular weight is 296 g/mol. The van der Waals surface area contributed by atoms with Crippen molar-refractivity contribution in [1.29, 1.82) is 0 Å². The highest BCUT2D eigenvalue weighted by molar-refractivity contribution is 6.30. The first kappa shape index (κ1) is 13.9. The zero-order chi connectivity index (χ0) is 14.0. The van der Waals surface area contributed by atoms with E-state index in [1.807, 2.05) is 0 Å². The summed E-state index contributed by atoms with van der Waals surface area (Å²) in [7, 11) is 0. The first-order chi connectivity index (χ1) is 9.67. The molecular weight excluding hydrogens is 278 g/mol. The van der Waals surface area contributed by atoms with Gasteiger partial charge < -0.3 is 14.8 Å². The number of halogens is 1. The van der Waals surface area contributed by atoms with Crippen molar-refractivity contribution < 1.29 is 14.3 Å². The average Bonchev–Trinajstić information content (AvgIpc) is 3.07. The molecule has 1 saturated heterocycles. The number of hydrogen-bond donors (Lipinski definition) is 1. The van der Waals surface area contributed by atoms with Crippen molar-refractivity contribution in [3.63, 3.8) is 0 Å². The van der Waals surface area contributed by atoms with Crippen LogP contribution in [0.25, 0.3) is 0 Å². The number of rotatable bonds is 3. The Morgan fingerprint density at radius 1 is 1.40 bits per heavy atom. The van der Waals surface area contributed by atoms with Crippen LogP contribution < -0.4 is 5.32 Å². The molecule has 5 heteroatoms. The highest BCUT2D eigenvalue weighted by Gasteiger charge is 2.43. The molecule has 1 aliphatic carbocycles. The summed E-state index contributed by atoms with van der Waals surface area (Å²) in [4.78, 5) is 12.0. The van der Waals surface area contributed by atoms with Gasteiger partial charge in [-0.15, -0.1) is 0 Å². The molecule has 20 heavy (non-hydrogen) atoms. The summed E-state index contributed by atoms with van der Waals surface area (Å²) in [5.41, 5.74) is 0.562. The van der Waals surface area contributed by atoms with E-state index in [1.54, 1.807) is 24.3 Å². The molecule has 1 aliphatic heterocycles. The summed E-state index contributed by atoms with van der Waals surface area (Å²) in [5, 5.41) is 3.43. The lowest BCUT2D eigenvalue weighted by atomic mass is 10.2. The van der Waals surface area contributed by atoms with Crippen LogP contribution in [0.3, 0.4) is 0 Å². The number of benzene rings is 1. The minimum Gasteiger partial charge on any atom is -0.349 e. The molecule has 0 radical (unpaired) electrons. The predicted molar refractivity (Wildman–Crippen MR) is 75.8 cm³/mol. The van der Waals surface area contributed by atoms with Crippen molar-refractivity contribution >= 4 is 17.5 Å². The van der Waals surface area contributed by atoms with Crippen LogP contribution in [0.15, 0.2) is 24.3 Å². The molecule has 1 atom stereocenters. The molecule has 1 saturated carbocycles. The largest absolute Gasteiger partial charge is 0.349 e. The smallest absolute Gasteiger partial charge is 0.251 e. The van der Waals surface area contributed by atoms with Gasteiger partial charge in [0.1, 0.15) is 6.10 Å². The molecule has 1 heterocycles. The standard InChI is InChI=1S/C15H18ClNO3/c16-12-5-3-4-11(8-12)14(18)17-9-13-10-19-15(20-13)6-1-2-7-15/h3-5,8,13H,1-2,6-7,9-10H2,(H,17,18). The lowest BCUT2D eigenvalue weighted by molar-refractivity contribution is -0.161. The molecule has 1 N–H and O–H groups in total. The second-order valence-corrected chi connectivity index (χ2v) is 5.83. The molecule has 1 spiro atoms. The van der Waals surface area contributed by atoms with Crippen molar-refractivity contribution in [3.8, 4) is 0 Å². The Kier molecular flexibility index (Phi) is 3.96. The molecule has 108 valence electrons. The molecule has 3 rings (SSSR count). The normalized spacial score (nSPS) is 24.1. The van der Waals surface area contributed by atoms with E-state index < -0.39 is 0 Å². The van der Waals surface area contributed by atoms with Gasteiger partial charge >= 0.3 is 0 Å². The monoisotopic (exact) mass is 295 g/mol. The van der Waals surface area contributed by atoms with Crippen molar-refractivity contribution in [2.24, 2.45) is 0 Å². The van der Waals surface area contributed by atoms with Crippen molar-refractivity contribution in [1.82, 2.24) is 5.32 Å². The minimum atomic E-state index is -0.370. The van der Waals surface area contributed by atoms with Gasteiger partial charge in [-0.2, -0.15) is 0 Å². The van der Waals surface area contributed by atoms with E-state index in [4.69, 9.17) is 21.1 Å². The number of amides is 1. The Hall–Kier alpha value is -1.10. The molecule has 1 aromatic rings. The van der Waals surface area contributed by atoms with E-state index in [9.17, 15) is 4.79 Å². The van der Waals surface area contributed by atoms with Crippen molar-refractivity contribution in [3.05, 3.63) is 34.9 Å². The maximum Gasteiger partial charge on any atom is 0.251 e. The third kappa shape index (κ3) is 2.97. The quantitative estimate of drug-likeness (QED) is 0.933. The van der Waals surface area contributed by atoms with Crippen molar-refractivity contribution in [2.45, 2.75) is 37.6 Å². The lowest BCUT2D eigenvalue weighted by Gasteiger charge is -2.21. The fourth-order valence-corrected chi connectivity index (χ4v) is 3.02. The molecule has 1 amide bonds. The van der Waals surface area contributed by atoms with Crippen LogP contribution in [-0.2, 0) is 9.47 Å². The second kappa shape index (κ2) is 5.72. The molecule has 0 aromatic heterocycles. The molecular formula is C15H18ClNO3. The highest BCUT2D eigenvalue weighted by Crippen LogP contribution is 2.38. The number of hydrogen-bond acceptors (Lipinski definition) is 3. The van der Waals surface area contributed by atoms with Crippen LogP contribution in [0, 0.1) is 0 Å². The van der Waals surface area contributed by atoms with Gasteiger partial charge in [0, 0.05) is 30.0 Å². The van der Waals surface area contributed by atoms with Gasteiger partial charge in [0.2, 0.25) is 0 Å². The van der Waals surface area contributed by atoms with Crippen LogP contribution in [0.4, 0.5) is 0 Å². The number of carbonyl (C=O) groups is 1. The molecule has 0 bridgehead atoms. The highest BCUT2D eigenvalue weighted by atomic mass is 35.5. The Morgan fingerprint density at radius 3 is 2.95 bits per heavy atom. The topological polar surface area (TPSA) is 47.6 Å². The Morgan fingerprint density at radius 2 is 2.20 bits per heavy atom. The minimum absolute atomic E-state index is 0.0590. The van der Waals surface area contributed by atoms with Gasteiger partial charge in [-0.3, -0.25) is 4.79 Å². The van der Waals surface area contributed by atoms with Crippen molar-refractivity contribution in [2.75, 3.05) is 13.2 Å². The summed E-state index contributed by atoms with van der Waals surface area (Å²) < 4.78 is 11.7. The van der Waals surface area contributed by atoms with E-state index in [1.165, 1.54) is 0 Å². The SMILES string of the molecule is O=C(NCC1COC2(CCCC2)O1)c1cccc(Cl)c1. The third-order valence-electron chi connectivity index (χ3n) is 3.86. The summed E-state index contributed by atoms with van der Waals surface area (Å²) in [6, 6.07) is 6.91. The number of nitrogens with one attached hydrogen (secondary N) is 1. The third-order valence-corrected chi connectivity index (χ3v) is 4.09. The zero-order valence-electron chi connectivity index (χ0n) is 11.2. The predicted octanol–water partition coefficient (Wildman–Crippen LogP) is 2.76. The van der Waals surface area contributed by atoms with Gasteiger partial charge in [0.05, 0.1) is 6.61 Å². The number of carbonyl (C=O) groups excluding carboxylic acids is 1. The van der Waals surface area contributed by atoms with E-state index in [2.05, 4.69) is 5.32 Å². The Balaban J connectivity index is 1.51. The Labute approximate surface area is 123 Å². The maximum atomic E-state index is 12.0. The van der Waals surface area contributed by atoms with Crippen LogP contribution in [-0.4, -0.2) is 30.9 Å². The van der Waals surface area contributed by atoms with Gasteiger partial charge in [-0.05, 0) is 31.0 Å². The van der Waals surface area contributed by atoms with E-state index in [0.29, 0.717) is 23.7 Å². The van der Waals surface area contributed by atoms with Gasteiger partial charge in [-0.25, -0.2) is 0 Å². The molecule has 4 nitrogen and oxygen atoms in total. The summed E-state index contributed by atoms with van der Waals surface area (Å²) in [6.07, 6.45) is 4.18. The summed E-state index contributed by atoms with van der Waals surface area (Å²) in [5.74, 6) is -0.505. The molecule has 2 aliphatic rings. The molecule has 1 unspecified atom stereocenters. The van der Waals surface area contributed by atoms with Gasteiger partial charge in [0.25, 0.3) is 5.91 Å². The maximum absolute atomic E-state index is 12.0. The van der Waals surface area contributed by atoms with Gasteiger partial charge in [-0.1, -0.05) is 17.7 Å². The Bertz CT molecular complexity index is 500. The van der Waals surface area contributed by atoms with E-state index in [-0.39, 0.29) is 17.8 Å². The lowest BCUT2D eigenvalue weighted by Crippen LogP contribution is -2.35. The summed E-state index contributed by atoms with van der Waals surface area (Å²) in [6.45, 7) is 1.02. The fraction of sp³-hybridized carbons (Fsp3) is 0.533. The second-order valence-electron chi connectivity index (χ2n) is 5.39. The van der Waals surface area contributed by atoms with E-state index in [0.717, 1.165) is 25.7 Å². The fourth-order valence-electron chi connectivity index (χ4n) is 2.83. The van der Waals surface area contributed by atoms with Crippen LogP contribution >= 0.6 is 11.6 Å². The van der Waals surface area contributed by atoms with Crippen LogP contribution in [0.2, 0.25) is 5.02 Å². The van der Waals surface area contributed by atoms with Gasteiger partial charge in [0.15, 0.2) is 5.79 Å². The zero-order valence-corrected chi connectivity index (χ0v) is 12.0. The summed E-state index contributed by atoms with van der Waals surface area (Å²) >= 11 is 5.87. The molecule has 1 aromatic carbocycles. The van der Waals surface area contributed by atoms with Crippen LogP contribution in [0.5, 0.6) is 0 Å². The van der Waals surface area contributed by atoms with Crippen LogP contribution in [0.1, 0.15) is 36.0 Å². The van der Waals surface area contributed by atoms with E-state index >= 15 is 0 Å². The first-order valence-corrected chi connectivity index (χ1v) is 7.40. The number of ether oxygens (including phenoxy) is 2. The molecule has 2 fully saturated rings.